The minimum Gasteiger partial charge on any atom is -0.204 e. The lowest BCUT2D eigenvalue weighted by molar-refractivity contribution is -0.0948. The van der Waals surface area contributed by atoms with Crippen molar-refractivity contribution in [3.63, 3.8) is 0 Å². The largest absolute Gasteiger partial charge is 0.204 e. The molecule has 3 aliphatic carbocycles. The lowest BCUT2D eigenvalue weighted by Gasteiger charge is -2.60. The van der Waals surface area contributed by atoms with Crippen LogP contribution in [0.3, 0.4) is 0 Å². The van der Waals surface area contributed by atoms with Crippen LogP contribution in [0.25, 0.3) is 0 Å². The summed E-state index contributed by atoms with van der Waals surface area (Å²) in [5, 5.41) is 0. The van der Waals surface area contributed by atoms with E-state index >= 15 is 0 Å². The molecule has 0 bridgehead atoms. The average molecular weight is 364 g/mol. The second-order valence-electron chi connectivity index (χ2n) is 9.50. The third-order valence-electron chi connectivity index (χ3n) is 7.72. The Kier molecular flexibility index (Phi) is 5.09. The van der Waals surface area contributed by atoms with Crippen LogP contribution in [0, 0.1) is 40.6 Å². The Morgan fingerprint density at radius 2 is 1.50 bits per heavy atom. The lowest BCUT2D eigenvalue weighted by atomic mass is 9.45. The van der Waals surface area contributed by atoms with Crippen LogP contribution < -0.4 is 0 Å². The molecule has 0 radical (unpaired) electrons. The van der Waals surface area contributed by atoms with Crippen LogP contribution in [0.4, 0.5) is 13.2 Å². The molecule has 0 nitrogen and oxygen atoms in total. The van der Waals surface area contributed by atoms with Crippen molar-refractivity contribution >= 4 is 0 Å². The molecule has 0 unspecified atom stereocenters. The van der Waals surface area contributed by atoms with Gasteiger partial charge in [0.05, 0.1) is 0 Å². The molecule has 144 valence electrons. The van der Waals surface area contributed by atoms with Gasteiger partial charge in [-0.1, -0.05) is 26.2 Å². The Morgan fingerprint density at radius 1 is 0.885 bits per heavy atom. The summed E-state index contributed by atoms with van der Waals surface area (Å²) in [6.45, 7) is 2.28. The zero-order valence-electron chi connectivity index (χ0n) is 15.9. The number of hydrogen-bond acceptors (Lipinski definition) is 0. The van der Waals surface area contributed by atoms with Crippen molar-refractivity contribution in [2.75, 3.05) is 0 Å². The molecule has 0 aromatic heterocycles. The average Bonchev–Trinajstić information content (AvgIpc) is 2.57. The van der Waals surface area contributed by atoms with Crippen molar-refractivity contribution in [2.45, 2.75) is 83.5 Å². The van der Waals surface area contributed by atoms with E-state index in [9.17, 15) is 13.2 Å². The van der Waals surface area contributed by atoms with Crippen LogP contribution >= 0.6 is 0 Å². The van der Waals surface area contributed by atoms with E-state index in [0.717, 1.165) is 43.4 Å². The fourth-order valence-electron chi connectivity index (χ4n) is 6.32. The molecular weight excluding hydrogens is 333 g/mol. The van der Waals surface area contributed by atoms with Crippen LogP contribution in [0.15, 0.2) is 12.1 Å². The van der Waals surface area contributed by atoms with Crippen molar-refractivity contribution in [1.29, 1.82) is 0 Å². The van der Waals surface area contributed by atoms with Gasteiger partial charge in [-0.25, -0.2) is 13.2 Å². The van der Waals surface area contributed by atoms with Crippen molar-refractivity contribution in [2.24, 2.45) is 23.2 Å². The predicted octanol–water partition coefficient (Wildman–Crippen LogP) is 7.37. The SMILES string of the molecule is CCCCC1CC2(C1)CC([C@H]1CC[C@H](c3cc(F)c(F)c(F)c3)CC1)C2. The van der Waals surface area contributed by atoms with Crippen LogP contribution in [0.1, 0.15) is 89.0 Å². The maximum absolute atomic E-state index is 13.5. The van der Waals surface area contributed by atoms with E-state index in [4.69, 9.17) is 0 Å². The van der Waals surface area contributed by atoms with Crippen LogP contribution in [0.5, 0.6) is 0 Å². The first-order valence-corrected chi connectivity index (χ1v) is 10.6. The zero-order valence-corrected chi connectivity index (χ0v) is 15.9. The van der Waals surface area contributed by atoms with E-state index < -0.39 is 17.5 Å². The molecule has 0 N–H and O–H groups in total. The van der Waals surface area contributed by atoms with E-state index in [1.54, 1.807) is 0 Å². The van der Waals surface area contributed by atoms with E-state index in [1.165, 1.54) is 57.1 Å². The molecule has 0 atom stereocenters. The normalized spacial score (nSPS) is 36.6. The summed E-state index contributed by atoms with van der Waals surface area (Å²) in [5.74, 6) is -0.593. The first-order chi connectivity index (χ1) is 12.5. The minimum atomic E-state index is -1.35. The fraction of sp³-hybridized carbons (Fsp3) is 0.739. The summed E-state index contributed by atoms with van der Waals surface area (Å²) in [6.07, 6.45) is 14.2. The first kappa shape index (κ1) is 18.4. The molecule has 4 rings (SSSR count). The number of benzene rings is 1. The maximum atomic E-state index is 13.5. The van der Waals surface area contributed by atoms with E-state index in [2.05, 4.69) is 6.92 Å². The summed E-state index contributed by atoms with van der Waals surface area (Å²) >= 11 is 0. The van der Waals surface area contributed by atoms with Crippen LogP contribution in [-0.4, -0.2) is 0 Å². The molecule has 1 spiro atoms. The quantitative estimate of drug-likeness (QED) is 0.478. The van der Waals surface area contributed by atoms with Gasteiger partial charge in [0, 0.05) is 0 Å². The Morgan fingerprint density at radius 3 is 2.08 bits per heavy atom. The third kappa shape index (κ3) is 3.43. The molecule has 3 aliphatic rings. The Bertz CT molecular complexity index is 608. The van der Waals surface area contributed by atoms with Gasteiger partial charge in [-0.15, -0.1) is 0 Å². The highest BCUT2D eigenvalue weighted by Crippen LogP contribution is 2.64. The van der Waals surface area contributed by atoms with Crippen molar-refractivity contribution in [3.8, 4) is 0 Å². The molecule has 0 saturated heterocycles. The van der Waals surface area contributed by atoms with Gasteiger partial charge in [0.1, 0.15) is 0 Å². The van der Waals surface area contributed by atoms with Gasteiger partial charge >= 0.3 is 0 Å². The Balaban J connectivity index is 1.24. The molecule has 3 fully saturated rings. The summed E-state index contributed by atoms with van der Waals surface area (Å²) in [6, 6.07) is 2.40. The van der Waals surface area contributed by atoms with E-state index in [0.29, 0.717) is 11.0 Å². The van der Waals surface area contributed by atoms with Crippen molar-refractivity contribution in [1.82, 2.24) is 0 Å². The highest BCUT2D eigenvalue weighted by atomic mass is 19.2. The van der Waals surface area contributed by atoms with Gasteiger partial charge in [-0.2, -0.15) is 0 Å². The van der Waals surface area contributed by atoms with Crippen molar-refractivity contribution in [3.05, 3.63) is 35.1 Å². The van der Waals surface area contributed by atoms with Gasteiger partial charge in [0.2, 0.25) is 0 Å². The number of hydrogen-bond donors (Lipinski definition) is 0. The summed E-state index contributed by atoms with van der Waals surface area (Å²) in [4.78, 5) is 0. The van der Waals surface area contributed by atoms with Crippen LogP contribution in [0.2, 0.25) is 0 Å². The van der Waals surface area contributed by atoms with Gasteiger partial charge < -0.3 is 0 Å². The lowest BCUT2D eigenvalue weighted by Crippen LogP contribution is -2.49. The zero-order chi connectivity index (χ0) is 18.3. The second-order valence-corrected chi connectivity index (χ2v) is 9.50. The monoisotopic (exact) mass is 364 g/mol. The molecule has 0 amide bonds. The van der Waals surface area contributed by atoms with Crippen molar-refractivity contribution < 1.29 is 13.2 Å². The molecular formula is C23H31F3. The molecule has 3 saturated carbocycles. The first-order valence-electron chi connectivity index (χ1n) is 10.6. The third-order valence-corrected chi connectivity index (χ3v) is 7.72. The minimum absolute atomic E-state index is 0.187. The summed E-state index contributed by atoms with van der Waals surface area (Å²) in [7, 11) is 0. The number of unbranched alkanes of at least 4 members (excludes halogenated alkanes) is 1. The van der Waals surface area contributed by atoms with E-state index in [-0.39, 0.29) is 5.92 Å². The Labute approximate surface area is 155 Å². The second kappa shape index (κ2) is 7.20. The van der Waals surface area contributed by atoms with Crippen LogP contribution in [-0.2, 0) is 0 Å². The van der Waals surface area contributed by atoms with Gasteiger partial charge in [0.15, 0.2) is 17.5 Å². The molecule has 1 aromatic rings. The van der Waals surface area contributed by atoms with Gasteiger partial charge in [-0.3, -0.25) is 0 Å². The molecule has 3 heteroatoms. The number of rotatable bonds is 5. The topological polar surface area (TPSA) is 0 Å². The predicted molar refractivity (Wildman–Crippen MR) is 98.4 cm³/mol. The smallest absolute Gasteiger partial charge is 0.194 e. The summed E-state index contributed by atoms with van der Waals surface area (Å²) in [5.41, 5.74) is 1.34. The highest BCUT2D eigenvalue weighted by molar-refractivity contribution is 5.23. The van der Waals surface area contributed by atoms with Gasteiger partial charge in [-0.05, 0) is 98.1 Å². The standard InChI is InChI=1S/C23H31F3/c1-2-3-4-15-11-23(12-15)13-19(14-23)17-7-5-16(6-8-17)18-9-20(24)22(26)21(25)10-18/h9-10,15-17,19H,2-8,11-14H2,1H3/t15?,16-,17-,19?,23?. The van der Waals surface area contributed by atoms with E-state index in [1.807, 2.05) is 0 Å². The molecule has 1 aromatic carbocycles. The molecule has 0 aliphatic heterocycles. The Hall–Kier alpha value is -0.990. The fourth-order valence-corrected chi connectivity index (χ4v) is 6.32. The molecule has 26 heavy (non-hydrogen) atoms. The molecule has 0 heterocycles. The highest BCUT2D eigenvalue weighted by Gasteiger charge is 2.53. The van der Waals surface area contributed by atoms with Gasteiger partial charge in [0.25, 0.3) is 0 Å². The maximum Gasteiger partial charge on any atom is 0.194 e. The number of halogens is 3. The summed E-state index contributed by atoms with van der Waals surface area (Å²) < 4.78 is 40.1.